The molecule has 0 radical (unpaired) electrons. The SMILES string of the molecule is C/C1=C/C(=O)N([C@H](C)c2ccccc2)/C=C\[C@@H](c2ccccc2)C1. The first-order valence-electron chi connectivity index (χ1n) is 8.43. The van der Waals surface area contributed by atoms with Crippen LogP contribution in [0.5, 0.6) is 0 Å². The maximum Gasteiger partial charge on any atom is 0.250 e. The van der Waals surface area contributed by atoms with Gasteiger partial charge in [0.1, 0.15) is 0 Å². The molecule has 2 aromatic rings. The lowest BCUT2D eigenvalue weighted by Gasteiger charge is -2.28. The third kappa shape index (κ3) is 3.65. The van der Waals surface area contributed by atoms with Gasteiger partial charge in [-0.05, 0) is 31.4 Å². The highest BCUT2D eigenvalue weighted by Gasteiger charge is 2.21. The molecule has 1 aliphatic rings. The van der Waals surface area contributed by atoms with Crippen molar-refractivity contribution in [3.63, 3.8) is 0 Å². The van der Waals surface area contributed by atoms with Gasteiger partial charge < -0.3 is 4.90 Å². The molecular weight excluding hydrogens is 294 g/mol. The molecule has 0 bridgehead atoms. The van der Waals surface area contributed by atoms with Crippen LogP contribution >= 0.6 is 0 Å². The van der Waals surface area contributed by atoms with Gasteiger partial charge in [0.15, 0.2) is 0 Å². The van der Waals surface area contributed by atoms with Crippen LogP contribution in [0.1, 0.15) is 43.4 Å². The van der Waals surface area contributed by atoms with E-state index in [0.29, 0.717) is 5.92 Å². The molecular formula is C22H23NO. The summed E-state index contributed by atoms with van der Waals surface area (Å²) in [6, 6.07) is 20.6. The fraction of sp³-hybridized carbons (Fsp3) is 0.227. The standard InChI is InChI=1S/C22H23NO/c1-17-15-21(20-11-7-4-8-12-20)13-14-23(22(24)16-17)18(2)19-9-5-3-6-10-19/h3-14,16,18,21H,15H2,1-2H3/b14-13-,17-16-/t18-,21-/m1/s1. The molecule has 2 atom stereocenters. The maximum absolute atomic E-state index is 12.6. The Morgan fingerprint density at radius 1 is 1.00 bits per heavy atom. The molecule has 2 aromatic carbocycles. The van der Waals surface area contributed by atoms with Crippen molar-refractivity contribution in [3.05, 3.63) is 95.7 Å². The van der Waals surface area contributed by atoms with Crippen LogP contribution in [0.25, 0.3) is 0 Å². The molecule has 0 saturated heterocycles. The molecule has 24 heavy (non-hydrogen) atoms. The molecule has 0 N–H and O–H groups in total. The van der Waals surface area contributed by atoms with E-state index in [1.54, 1.807) is 6.08 Å². The summed E-state index contributed by atoms with van der Waals surface area (Å²) in [4.78, 5) is 14.5. The third-order valence-electron chi connectivity index (χ3n) is 4.57. The Balaban J connectivity index is 1.92. The van der Waals surface area contributed by atoms with Gasteiger partial charge in [-0.1, -0.05) is 72.3 Å². The van der Waals surface area contributed by atoms with Gasteiger partial charge in [0.05, 0.1) is 6.04 Å². The largest absolute Gasteiger partial charge is 0.309 e. The monoisotopic (exact) mass is 317 g/mol. The lowest BCUT2D eigenvalue weighted by Crippen LogP contribution is -2.28. The van der Waals surface area contributed by atoms with Crippen molar-refractivity contribution in [1.29, 1.82) is 0 Å². The van der Waals surface area contributed by atoms with E-state index in [-0.39, 0.29) is 11.9 Å². The Kier molecular flexibility index (Phi) is 4.95. The van der Waals surface area contributed by atoms with Crippen LogP contribution in [0.15, 0.2) is 84.6 Å². The van der Waals surface area contributed by atoms with E-state index >= 15 is 0 Å². The molecule has 1 amide bonds. The summed E-state index contributed by atoms with van der Waals surface area (Å²) in [5.74, 6) is 0.340. The fourth-order valence-electron chi connectivity index (χ4n) is 3.17. The second-order valence-corrected chi connectivity index (χ2v) is 6.39. The molecule has 0 aromatic heterocycles. The first-order valence-corrected chi connectivity index (χ1v) is 8.43. The van der Waals surface area contributed by atoms with Crippen LogP contribution in [-0.4, -0.2) is 10.8 Å². The molecule has 3 rings (SSSR count). The van der Waals surface area contributed by atoms with Crippen LogP contribution in [0.4, 0.5) is 0 Å². The fourth-order valence-corrected chi connectivity index (χ4v) is 3.17. The van der Waals surface area contributed by atoms with Gasteiger partial charge in [0.2, 0.25) is 0 Å². The molecule has 2 heteroatoms. The second kappa shape index (κ2) is 7.31. The number of benzene rings is 2. The highest BCUT2D eigenvalue weighted by Crippen LogP contribution is 2.29. The van der Waals surface area contributed by atoms with Gasteiger partial charge in [-0.15, -0.1) is 0 Å². The summed E-state index contributed by atoms with van der Waals surface area (Å²) in [7, 11) is 0. The van der Waals surface area contributed by atoms with Crippen molar-refractivity contribution in [2.45, 2.75) is 32.2 Å². The molecule has 2 nitrogen and oxygen atoms in total. The van der Waals surface area contributed by atoms with Gasteiger partial charge >= 0.3 is 0 Å². The van der Waals surface area contributed by atoms with Gasteiger partial charge in [0, 0.05) is 18.2 Å². The van der Waals surface area contributed by atoms with E-state index in [2.05, 4.69) is 49.4 Å². The minimum Gasteiger partial charge on any atom is -0.309 e. The Labute approximate surface area is 144 Å². The Morgan fingerprint density at radius 2 is 1.62 bits per heavy atom. The molecule has 0 fully saturated rings. The summed E-state index contributed by atoms with van der Waals surface area (Å²) >= 11 is 0. The average Bonchev–Trinajstić information content (AvgIpc) is 2.60. The van der Waals surface area contributed by atoms with Crippen LogP contribution in [0.3, 0.4) is 0 Å². The van der Waals surface area contributed by atoms with Crippen LogP contribution in [0.2, 0.25) is 0 Å². The van der Waals surface area contributed by atoms with E-state index < -0.39 is 0 Å². The number of hydrogen-bond acceptors (Lipinski definition) is 1. The highest BCUT2D eigenvalue weighted by molar-refractivity contribution is 5.89. The zero-order chi connectivity index (χ0) is 16.9. The maximum atomic E-state index is 12.6. The second-order valence-electron chi connectivity index (χ2n) is 6.39. The third-order valence-corrected chi connectivity index (χ3v) is 4.57. The van der Waals surface area contributed by atoms with E-state index in [1.807, 2.05) is 42.3 Å². The van der Waals surface area contributed by atoms with Crippen molar-refractivity contribution in [2.75, 3.05) is 0 Å². The molecule has 0 saturated carbocycles. The van der Waals surface area contributed by atoms with Crippen LogP contribution < -0.4 is 0 Å². The Bertz CT molecular complexity index is 746. The van der Waals surface area contributed by atoms with Crippen molar-refractivity contribution in [2.24, 2.45) is 0 Å². The summed E-state index contributed by atoms with van der Waals surface area (Å²) in [5.41, 5.74) is 3.53. The van der Waals surface area contributed by atoms with Crippen molar-refractivity contribution in [3.8, 4) is 0 Å². The molecule has 122 valence electrons. The number of carbonyl (C=O) groups excluding carboxylic acids is 1. The van der Waals surface area contributed by atoms with Gasteiger partial charge in [0.25, 0.3) is 5.91 Å². The molecule has 1 heterocycles. The highest BCUT2D eigenvalue weighted by atomic mass is 16.2. The predicted molar refractivity (Wildman–Crippen MR) is 98.4 cm³/mol. The average molecular weight is 317 g/mol. The number of allylic oxidation sites excluding steroid dienone is 2. The quantitative estimate of drug-likeness (QED) is 0.759. The summed E-state index contributed by atoms with van der Waals surface area (Å²) in [6.45, 7) is 4.11. The lowest BCUT2D eigenvalue weighted by atomic mass is 9.91. The first-order chi connectivity index (χ1) is 11.6. The van der Waals surface area contributed by atoms with E-state index in [0.717, 1.165) is 17.6 Å². The Hall–Kier alpha value is -2.61. The van der Waals surface area contributed by atoms with Gasteiger partial charge in [-0.3, -0.25) is 4.79 Å². The first kappa shape index (κ1) is 16.3. The zero-order valence-corrected chi connectivity index (χ0v) is 14.2. The summed E-state index contributed by atoms with van der Waals surface area (Å²) in [6.07, 6.45) is 6.77. The molecule has 0 spiro atoms. The summed E-state index contributed by atoms with van der Waals surface area (Å²) in [5, 5.41) is 0. The number of nitrogens with zero attached hydrogens (tertiary/aromatic N) is 1. The van der Waals surface area contributed by atoms with Gasteiger partial charge in [-0.25, -0.2) is 0 Å². The van der Waals surface area contributed by atoms with Crippen molar-refractivity contribution in [1.82, 2.24) is 4.90 Å². The summed E-state index contributed by atoms with van der Waals surface area (Å²) < 4.78 is 0. The van der Waals surface area contributed by atoms with Crippen molar-refractivity contribution >= 4 is 5.91 Å². The number of hydrogen-bond donors (Lipinski definition) is 0. The molecule has 1 aliphatic heterocycles. The minimum absolute atomic E-state index is 0.00789. The normalized spacial score (nSPS) is 22.9. The Morgan fingerprint density at radius 3 is 2.29 bits per heavy atom. The van der Waals surface area contributed by atoms with E-state index in [9.17, 15) is 4.79 Å². The van der Waals surface area contributed by atoms with E-state index in [1.165, 1.54) is 5.56 Å². The van der Waals surface area contributed by atoms with Gasteiger partial charge in [-0.2, -0.15) is 0 Å². The zero-order valence-electron chi connectivity index (χ0n) is 14.2. The minimum atomic E-state index is 0.00789. The molecule has 0 unspecified atom stereocenters. The number of amides is 1. The molecule has 0 aliphatic carbocycles. The van der Waals surface area contributed by atoms with E-state index in [4.69, 9.17) is 0 Å². The number of rotatable bonds is 3. The van der Waals surface area contributed by atoms with Crippen LogP contribution in [0, 0.1) is 0 Å². The predicted octanol–water partition coefficient (Wildman–Crippen LogP) is 5.22. The van der Waals surface area contributed by atoms with Crippen LogP contribution in [-0.2, 0) is 4.79 Å². The lowest BCUT2D eigenvalue weighted by molar-refractivity contribution is -0.125. The smallest absolute Gasteiger partial charge is 0.250 e. The van der Waals surface area contributed by atoms with Crippen molar-refractivity contribution < 1.29 is 4.79 Å². The number of carbonyl (C=O) groups is 1. The topological polar surface area (TPSA) is 20.3 Å².